The van der Waals surface area contributed by atoms with Crippen LogP contribution in [0.25, 0.3) is 0 Å². The highest BCUT2D eigenvalue weighted by Gasteiger charge is 2.23. The van der Waals surface area contributed by atoms with Crippen molar-refractivity contribution in [2.45, 2.75) is 18.9 Å². The Morgan fingerprint density at radius 3 is 2.50 bits per heavy atom. The summed E-state index contributed by atoms with van der Waals surface area (Å²) in [6.07, 6.45) is -0.504. The smallest absolute Gasteiger partial charge is 0.326 e. The third-order valence-corrected chi connectivity index (χ3v) is 2.48. The van der Waals surface area contributed by atoms with Crippen LogP contribution in [0.2, 0.25) is 0 Å². The summed E-state index contributed by atoms with van der Waals surface area (Å²) >= 11 is 0. The summed E-state index contributed by atoms with van der Waals surface area (Å²) in [6.45, 7) is 0. The van der Waals surface area contributed by atoms with Crippen LogP contribution in [0.1, 0.15) is 23.2 Å². The highest BCUT2D eigenvalue weighted by atomic mass is 19.2. The maximum Gasteiger partial charge on any atom is 0.326 e. The Kier molecular flexibility index (Phi) is 5.13. The number of halogens is 2. The molecule has 0 bridgehead atoms. The van der Waals surface area contributed by atoms with Gasteiger partial charge in [0.1, 0.15) is 6.04 Å². The van der Waals surface area contributed by atoms with Crippen LogP contribution in [0.4, 0.5) is 8.78 Å². The van der Waals surface area contributed by atoms with E-state index in [1.54, 1.807) is 0 Å². The largest absolute Gasteiger partial charge is 0.480 e. The van der Waals surface area contributed by atoms with Crippen molar-refractivity contribution >= 4 is 17.8 Å². The average Bonchev–Trinajstić information content (AvgIpc) is 2.36. The molecule has 0 spiro atoms. The number of rotatable bonds is 6. The molecule has 2 amide bonds. The number of primary amides is 1. The Bertz CT molecular complexity index is 548. The van der Waals surface area contributed by atoms with Crippen LogP contribution in [0.5, 0.6) is 0 Å². The molecule has 0 saturated carbocycles. The van der Waals surface area contributed by atoms with Crippen molar-refractivity contribution in [2.24, 2.45) is 5.73 Å². The van der Waals surface area contributed by atoms with E-state index in [2.05, 4.69) is 0 Å². The summed E-state index contributed by atoms with van der Waals surface area (Å²) in [5.74, 6) is -5.82. The lowest BCUT2D eigenvalue weighted by Crippen LogP contribution is -2.41. The Balaban J connectivity index is 2.83. The van der Waals surface area contributed by atoms with Crippen LogP contribution in [-0.2, 0) is 9.59 Å². The number of carbonyl (C=O) groups excluding carboxylic acids is 2. The van der Waals surface area contributed by atoms with Gasteiger partial charge in [0.2, 0.25) is 5.91 Å². The summed E-state index contributed by atoms with van der Waals surface area (Å²) in [5, 5.41) is 10.9. The van der Waals surface area contributed by atoms with Gasteiger partial charge >= 0.3 is 5.97 Å². The molecule has 0 aliphatic carbocycles. The number of benzene rings is 1. The van der Waals surface area contributed by atoms with Gasteiger partial charge in [-0.1, -0.05) is 6.07 Å². The summed E-state index contributed by atoms with van der Waals surface area (Å²) < 4.78 is 26.3. The Labute approximate surface area is 112 Å². The molecule has 1 aromatic rings. The summed E-state index contributed by atoms with van der Waals surface area (Å²) in [6, 6.07) is 1.54. The number of amides is 2. The zero-order valence-corrected chi connectivity index (χ0v) is 10.2. The number of nitrogens with one attached hydrogen (secondary N) is 1. The highest BCUT2D eigenvalue weighted by Crippen LogP contribution is 2.11. The van der Waals surface area contributed by atoms with E-state index in [0.29, 0.717) is 0 Å². The Morgan fingerprint density at radius 1 is 1.30 bits per heavy atom. The lowest BCUT2D eigenvalue weighted by atomic mass is 10.1. The predicted molar refractivity (Wildman–Crippen MR) is 63.7 cm³/mol. The van der Waals surface area contributed by atoms with Crippen molar-refractivity contribution in [1.82, 2.24) is 5.32 Å². The van der Waals surface area contributed by atoms with Crippen molar-refractivity contribution < 1.29 is 28.3 Å². The molecular weight excluding hydrogens is 274 g/mol. The van der Waals surface area contributed by atoms with Crippen molar-refractivity contribution in [3.8, 4) is 0 Å². The summed E-state index contributed by atoms with van der Waals surface area (Å²) in [7, 11) is 0. The molecular formula is C12H12F2N2O4. The van der Waals surface area contributed by atoms with Crippen LogP contribution >= 0.6 is 0 Å². The van der Waals surface area contributed by atoms with Gasteiger partial charge in [-0.05, 0) is 18.6 Å². The first-order valence-electron chi connectivity index (χ1n) is 5.59. The third-order valence-electron chi connectivity index (χ3n) is 2.48. The number of nitrogens with two attached hydrogens (primary N) is 1. The standard InChI is InChI=1S/C12H12F2N2O4/c13-7-3-1-2-6(10(7)14)11(18)16-8(12(19)20)4-5-9(15)17/h1-3,8H,4-5H2,(H2,15,17)(H,16,18)(H,19,20)/t8-/m1/s1. The molecule has 0 radical (unpaired) electrons. The molecule has 1 atom stereocenters. The molecule has 0 heterocycles. The first-order chi connectivity index (χ1) is 9.32. The molecule has 0 aromatic heterocycles. The first-order valence-corrected chi connectivity index (χ1v) is 5.59. The molecule has 0 saturated heterocycles. The fraction of sp³-hybridized carbons (Fsp3) is 0.250. The van der Waals surface area contributed by atoms with Crippen molar-refractivity contribution in [2.75, 3.05) is 0 Å². The molecule has 0 fully saturated rings. The van der Waals surface area contributed by atoms with Crippen LogP contribution in [0, 0.1) is 11.6 Å². The quantitative estimate of drug-likeness (QED) is 0.703. The molecule has 8 heteroatoms. The lowest BCUT2D eigenvalue weighted by Gasteiger charge is -2.14. The number of carbonyl (C=O) groups is 3. The van der Waals surface area contributed by atoms with Gasteiger partial charge in [-0.15, -0.1) is 0 Å². The van der Waals surface area contributed by atoms with Gasteiger partial charge in [-0.25, -0.2) is 13.6 Å². The fourth-order valence-electron chi connectivity index (χ4n) is 1.46. The molecule has 0 aliphatic heterocycles. The second-order valence-corrected chi connectivity index (χ2v) is 3.97. The second kappa shape index (κ2) is 6.60. The van der Waals surface area contributed by atoms with Crippen molar-refractivity contribution in [3.05, 3.63) is 35.4 Å². The van der Waals surface area contributed by atoms with Gasteiger partial charge in [0.15, 0.2) is 11.6 Å². The summed E-state index contributed by atoms with van der Waals surface area (Å²) in [4.78, 5) is 33.2. The fourth-order valence-corrected chi connectivity index (χ4v) is 1.46. The second-order valence-electron chi connectivity index (χ2n) is 3.97. The normalized spacial score (nSPS) is 11.7. The molecule has 6 nitrogen and oxygen atoms in total. The zero-order valence-electron chi connectivity index (χ0n) is 10.2. The van der Waals surface area contributed by atoms with E-state index in [0.717, 1.165) is 18.2 Å². The summed E-state index contributed by atoms with van der Waals surface area (Å²) in [5.41, 5.74) is 4.26. The number of hydrogen-bond acceptors (Lipinski definition) is 3. The third kappa shape index (κ3) is 4.01. The van der Waals surface area contributed by atoms with E-state index in [1.165, 1.54) is 0 Å². The van der Waals surface area contributed by atoms with E-state index >= 15 is 0 Å². The van der Waals surface area contributed by atoms with Crippen LogP contribution < -0.4 is 11.1 Å². The minimum absolute atomic E-state index is 0.243. The van der Waals surface area contributed by atoms with E-state index in [9.17, 15) is 23.2 Å². The van der Waals surface area contributed by atoms with Crippen LogP contribution in [0.15, 0.2) is 18.2 Å². The maximum absolute atomic E-state index is 13.4. The van der Waals surface area contributed by atoms with Crippen LogP contribution in [-0.4, -0.2) is 28.9 Å². The minimum atomic E-state index is -1.42. The minimum Gasteiger partial charge on any atom is -0.480 e. The maximum atomic E-state index is 13.4. The van der Waals surface area contributed by atoms with Crippen molar-refractivity contribution in [1.29, 1.82) is 0 Å². The van der Waals surface area contributed by atoms with Gasteiger partial charge < -0.3 is 16.2 Å². The van der Waals surface area contributed by atoms with Crippen LogP contribution in [0.3, 0.4) is 0 Å². The molecule has 108 valence electrons. The van der Waals surface area contributed by atoms with Gasteiger partial charge in [0.05, 0.1) is 5.56 Å². The number of carboxylic acids is 1. The monoisotopic (exact) mass is 286 g/mol. The molecule has 0 unspecified atom stereocenters. The number of carboxylic acid groups (broad SMARTS) is 1. The highest BCUT2D eigenvalue weighted by molar-refractivity contribution is 5.96. The molecule has 1 aromatic carbocycles. The number of aliphatic carboxylic acids is 1. The Morgan fingerprint density at radius 2 is 1.95 bits per heavy atom. The van der Waals surface area contributed by atoms with Crippen molar-refractivity contribution in [3.63, 3.8) is 0 Å². The lowest BCUT2D eigenvalue weighted by molar-refractivity contribution is -0.139. The molecule has 0 aliphatic rings. The van der Waals surface area contributed by atoms with Gasteiger partial charge in [-0.2, -0.15) is 0 Å². The van der Waals surface area contributed by atoms with Gasteiger partial charge in [-0.3, -0.25) is 9.59 Å². The number of hydrogen-bond donors (Lipinski definition) is 3. The Hall–Kier alpha value is -2.51. The van der Waals surface area contributed by atoms with E-state index in [-0.39, 0.29) is 12.8 Å². The average molecular weight is 286 g/mol. The molecule has 4 N–H and O–H groups in total. The SMILES string of the molecule is NC(=O)CC[C@@H](NC(=O)c1cccc(F)c1F)C(=O)O. The van der Waals surface area contributed by atoms with Gasteiger partial charge in [0, 0.05) is 6.42 Å². The van der Waals surface area contributed by atoms with E-state index in [4.69, 9.17) is 10.8 Å². The van der Waals surface area contributed by atoms with E-state index < -0.39 is 41.0 Å². The first kappa shape index (κ1) is 15.5. The topological polar surface area (TPSA) is 109 Å². The zero-order chi connectivity index (χ0) is 15.3. The van der Waals surface area contributed by atoms with Gasteiger partial charge in [0.25, 0.3) is 5.91 Å². The predicted octanol–water partition coefficient (Wildman–Crippen LogP) is 0.413. The molecule has 20 heavy (non-hydrogen) atoms. The molecule has 1 rings (SSSR count). The van der Waals surface area contributed by atoms with E-state index in [1.807, 2.05) is 5.32 Å².